The van der Waals surface area contributed by atoms with Crippen LogP contribution in [-0.2, 0) is 11.2 Å². The van der Waals surface area contributed by atoms with Crippen LogP contribution < -0.4 is 5.56 Å². The van der Waals surface area contributed by atoms with Gasteiger partial charge in [-0.05, 0) is 30.9 Å². The lowest BCUT2D eigenvalue weighted by Crippen LogP contribution is -2.21. The van der Waals surface area contributed by atoms with Gasteiger partial charge in [0.1, 0.15) is 0 Å². The van der Waals surface area contributed by atoms with E-state index in [1.165, 1.54) is 21.3 Å². The minimum Gasteiger partial charge on any atom is -0.481 e. The van der Waals surface area contributed by atoms with Crippen LogP contribution in [0.5, 0.6) is 0 Å². The van der Waals surface area contributed by atoms with Crippen molar-refractivity contribution in [1.82, 2.24) is 14.4 Å². The first kappa shape index (κ1) is 15.0. The molecule has 1 fully saturated rings. The van der Waals surface area contributed by atoms with Crippen LogP contribution in [0.2, 0.25) is 0 Å². The molecule has 0 spiro atoms. The Morgan fingerprint density at radius 3 is 3.00 bits per heavy atom. The van der Waals surface area contributed by atoms with Gasteiger partial charge in [-0.3, -0.25) is 19.0 Å². The summed E-state index contributed by atoms with van der Waals surface area (Å²) in [4.78, 5) is 33.1. The molecule has 1 aliphatic rings. The highest BCUT2D eigenvalue weighted by Crippen LogP contribution is 2.54. The molecule has 2 atom stereocenters. The number of carboxylic acids is 1. The molecular weight excluding hydrogens is 326 g/mol. The molecule has 2 unspecified atom stereocenters. The van der Waals surface area contributed by atoms with Crippen LogP contribution in [0.3, 0.4) is 0 Å². The number of hydrogen-bond acceptors (Lipinski definition) is 5. The van der Waals surface area contributed by atoms with Crippen LogP contribution in [0.15, 0.2) is 34.7 Å². The van der Waals surface area contributed by atoms with Gasteiger partial charge in [0.15, 0.2) is 4.96 Å². The lowest BCUT2D eigenvalue weighted by Gasteiger charge is -2.06. The van der Waals surface area contributed by atoms with Gasteiger partial charge in [-0.2, -0.15) is 0 Å². The summed E-state index contributed by atoms with van der Waals surface area (Å²) in [6.07, 6.45) is 4.39. The van der Waals surface area contributed by atoms with Crippen molar-refractivity contribution in [1.29, 1.82) is 0 Å². The van der Waals surface area contributed by atoms with Gasteiger partial charge in [0.05, 0.1) is 12.1 Å². The lowest BCUT2D eigenvalue weighted by molar-refractivity contribution is -0.136. The number of carbonyl (C=O) groups is 1. The third kappa shape index (κ3) is 2.41. The summed E-state index contributed by atoms with van der Waals surface area (Å²) in [5.41, 5.74) is 2.92. The molecule has 7 heteroatoms. The van der Waals surface area contributed by atoms with Gasteiger partial charge in [0, 0.05) is 34.9 Å². The summed E-state index contributed by atoms with van der Waals surface area (Å²) >= 11 is 1.31. The first-order valence-corrected chi connectivity index (χ1v) is 8.55. The number of pyridine rings is 1. The molecule has 24 heavy (non-hydrogen) atoms. The Hall–Kier alpha value is -2.54. The van der Waals surface area contributed by atoms with E-state index in [9.17, 15) is 9.59 Å². The Morgan fingerprint density at radius 2 is 2.29 bits per heavy atom. The fourth-order valence-electron chi connectivity index (χ4n) is 3.20. The van der Waals surface area contributed by atoms with E-state index in [0.717, 1.165) is 12.1 Å². The highest BCUT2D eigenvalue weighted by molar-refractivity contribution is 7.15. The van der Waals surface area contributed by atoms with Crippen molar-refractivity contribution in [3.8, 4) is 0 Å². The molecule has 3 heterocycles. The highest BCUT2D eigenvalue weighted by Gasteiger charge is 2.42. The standard InChI is InChI=1S/C17H15N3O3S/c1-9-15(13-6-12(13)10-3-2-4-18-7-10)19-17-20(16(9)23)11(8-24-17)5-14(21)22/h2-4,7-8,12-13H,5-6H2,1H3,(H,21,22). The largest absolute Gasteiger partial charge is 0.481 e. The quantitative estimate of drug-likeness (QED) is 0.787. The maximum Gasteiger partial charge on any atom is 0.309 e. The summed E-state index contributed by atoms with van der Waals surface area (Å²) in [7, 11) is 0. The monoisotopic (exact) mass is 341 g/mol. The van der Waals surface area contributed by atoms with E-state index in [0.29, 0.717) is 22.1 Å². The fraction of sp³-hybridized carbons (Fsp3) is 0.294. The second-order valence-corrected chi connectivity index (χ2v) is 6.91. The zero-order valence-electron chi connectivity index (χ0n) is 13.0. The van der Waals surface area contributed by atoms with Gasteiger partial charge in [-0.1, -0.05) is 6.07 Å². The summed E-state index contributed by atoms with van der Waals surface area (Å²) < 4.78 is 1.43. The zero-order chi connectivity index (χ0) is 16.8. The molecule has 1 aliphatic carbocycles. The highest BCUT2D eigenvalue weighted by atomic mass is 32.1. The smallest absolute Gasteiger partial charge is 0.309 e. The minimum absolute atomic E-state index is 0.163. The predicted octanol–water partition coefficient (Wildman–Crippen LogP) is 2.36. The Morgan fingerprint density at radius 1 is 1.46 bits per heavy atom. The third-order valence-electron chi connectivity index (χ3n) is 4.49. The van der Waals surface area contributed by atoms with Crippen LogP contribution in [0.25, 0.3) is 4.96 Å². The summed E-state index contributed by atoms with van der Waals surface area (Å²) in [5, 5.41) is 10.7. The predicted molar refractivity (Wildman–Crippen MR) is 89.8 cm³/mol. The SMILES string of the molecule is Cc1c(C2CC2c2cccnc2)nc2scc(CC(=O)O)n2c1=O. The Kier molecular flexibility index (Phi) is 3.45. The number of aromatic nitrogens is 3. The van der Waals surface area contributed by atoms with E-state index in [-0.39, 0.29) is 17.9 Å². The van der Waals surface area contributed by atoms with Crippen molar-refractivity contribution >= 4 is 22.3 Å². The van der Waals surface area contributed by atoms with Crippen molar-refractivity contribution < 1.29 is 9.90 Å². The number of thiazole rings is 1. The molecule has 0 saturated heterocycles. The molecule has 6 nitrogen and oxygen atoms in total. The van der Waals surface area contributed by atoms with E-state index in [1.54, 1.807) is 18.5 Å². The number of carboxylic acid groups (broad SMARTS) is 1. The van der Waals surface area contributed by atoms with Crippen molar-refractivity contribution in [3.63, 3.8) is 0 Å². The van der Waals surface area contributed by atoms with Gasteiger partial charge in [0.25, 0.3) is 5.56 Å². The number of aliphatic carboxylic acids is 1. The van der Waals surface area contributed by atoms with Crippen molar-refractivity contribution in [2.45, 2.75) is 31.6 Å². The molecule has 4 rings (SSSR count). The Balaban J connectivity index is 1.75. The Labute approximate surface area is 141 Å². The molecule has 0 amide bonds. The van der Waals surface area contributed by atoms with Crippen LogP contribution in [0, 0.1) is 6.92 Å². The molecule has 3 aromatic heterocycles. The van der Waals surface area contributed by atoms with Crippen LogP contribution in [0.1, 0.15) is 40.8 Å². The first-order valence-electron chi connectivity index (χ1n) is 7.67. The number of rotatable bonds is 4. The lowest BCUT2D eigenvalue weighted by atomic mass is 10.1. The number of nitrogens with zero attached hydrogens (tertiary/aromatic N) is 3. The molecule has 3 aromatic rings. The average molecular weight is 341 g/mol. The fourth-order valence-corrected chi connectivity index (χ4v) is 4.09. The van der Waals surface area contributed by atoms with Crippen molar-refractivity contribution in [2.75, 3.05) is 0 Å². The second-order valence-electron chi connectivity index (χ2n) is 6.08. The molecule has 0 radical (unpaired) electrons. The van der Waals surface area contributed by atoms with E-state index in [1.807, 2.05) is 12.3 Å². The van der Waals surface area contributed by atoms with Gasteiger partial charge < -0.3 is 5.11 Å². The normalized spacial score (nSPS) is 19.5. The van der Waals surface area contributed by atoms with Gasteiger partial charge in [0.2, 0.25) is 0 Å². The van der Waals surface area contributed by atoms with E-state index < -0.39 is 5.97 Å². The van der Waals surface area contributed by atoms with Gasteiger partial charge in [-0.15, -0.1) is 11.3 Å². The summed E-state index contributed by atoms with van der Waals surface area (Å²) in [6.45, 7) is 1.78. The minimum atomic E-state index is -0.956. The number of hydrogen-bond donors (Lipinski definition) is 1. The van der Waals surface area contributed by atoms with E-state index in [2.05, 4.69) is 16.0 Å². The third-order valence-corrected chi connectivity index (χ3v) is 5.36. The van der Waals surface area contributed by atoms with Crippen LogP contribution >= 0.6 is 11.3 Å². The Bertz CT molecular complexity index is 993. The zero-order valence-corrected chi connectivity index (χ0v) is 13.8. The van der Waals surface area contributed by atoms with E-state index in [4.69, 9.17) is 5.11 Å². The van der Waals surface area contributed by atoms with Crippen molar-refractivity contribution in [2.24, 2.45) is 0 Å². The van der Waals surface area contributed by atoms with Crippen molar-refractivity contribution in [3.05, 3.63) is 62.8 Å². The van der Waals surface area contributed by atoms with Gasteiger partial charge >= 0.3 is 5.97 Å². The topological polar surface area (TPSA) is 84.6 Å². The molecule has 122 valence electrons. The molecule has 0 bridgehead atoms. The summed E-state index contributed by atoms with van der Waals surface area (Å²) in [5.74, 6) is -0.371. The molecule has 1 saturated carbocycles. The average Bonchev–Trinajstić information content (AvgIpc) is 3.27. The molecule has 1 N–H and O–H groups in total. The molecular formula is C17H15N3O3S. The molecule has 0 aliphatic heterocycles. The number of fused-ring (bicyclic) bond motifs is 1. The maximum absolute atomic E-state index is 12.7. The van der Waals surface area contributed by atoms with Gasteiger partial charge in [-0.25, -0.2) is 4.98 Å². The molecule has 0 aromatic carbocycles. The second kappa shape index (κ2) is 5.52. The van der Waals surface area contributed by atoms with Crippen LogP contribution in [-0.4, -0.2) is 25.4 Å². The first-order chi connectivity index (χ1) is 11.6. The van der Waals surface area contributed by atoms with E-state index >= 15 is 0 Å². The summed E-state index contributed by atoms with van der Waals surface area (Å²) in [6, 6.07) is 3.97. The van der Waals surface area contributed by atoms with Crippen LogP contribution in [0.4, 0.5) is 0 Å². The maximum atomic E-state index is 12.7.